The van der Waals surface area contributed by atoms with Crippen molar-refractivity contribution in [2.45, 2.75) is 0 Å². The number of nitrogens with zero attached hydrogens (tertiary/aromatic N) is 2. The number of hydrogen-bond acceptors (Lipinski definition) is 5. The molecule has 0 unspecified atom stereocenters. The van der Waals surface area contributed by atoms with Crippen LogP contribution < -0.4 is 16.0 Å². The summed E-state index contributed by atoms with van der Waals surface area (Å²) in [7, 11) is 3.81. The number of halogens is 2. The van der Waals surface area contributed by atoms with E-state index in [0.29, 0.717) is 17.9 Å². The lowest BCUT2D eigenvalue weighted by Crippen LogP contribution is -2.18. The third kappa shape index (κ3) is 6.67. The van der Waals surface area contributed by atoms with Gasteiger partial charge in [-0.25, -0.2) is 0 Å². The molecule has 0 radical (unpaired) electrons. The molecule has 3 rings (SSSR count). The molecule has 3 amide bonds. The van der Waals surface area contributed by atoms with E-state index in [0.717, 1.165) is 0 Å². The van der Waals surface area contributed by atoms with Gasteiger partial charge in [0.1, 0.15) is 5.69 Å². The van der Waals surface area contributed by atoms with E-state index >= 15 is 0 Å². The van der Waals surface area contributed by atoms with Crippen molar-refractivity contribution in [3.05, 3.63) is 82.1 Å². The van der Waals surface area contributed by atoms with Crippen LogP contribution >= 0.6 is 23.2 Å². The molecule has 34 heavy (non-hydrogen) atoms. The van der Waals surface area contributed by atoms with Gasteiger partial charge >= 0.3 is 0 Å². The molecule has 0 saturated heterocycles. The Morgan fingerprint density at radius 3 is 2.18 bits per heavy atom. The Labute approximate surface area is 206 Å². The molecular weight excluding hydrogens is 479 g/mol. The zero-order chi connectivity index (χ0) is 24.7. The van der Waals surface area contributed by atoms with Crippen LogP contribution in [0.5, 0.6) is 0 Å². The molecule has 0 saturated carbocycles. The largest absolute Gasteiger partial charge is 0.323 e. The number of rotatable bonds is 8. The third-order valence-electron chi connectivity index (χ3n) is 4.45. The number of aromatic nitrogens is 2. The topological polar surface area (TPSA) is 119 Å². The lowest BCUT2D eigenvalue weighted by atomic mass is 10.2. The minimum Gasteiger partial charge on any atom is -0.323 e. The first-order valence-electron chi connectivity index (χ1n) is 10.1. The molecule has 1 heterocycles. The Kier molecular flexibility index (Phi) is 8.42. The molecule has 3 aromatic rings. The van der Waals surface area contributed by atoms with Gasteiger partial charge in [-0.1, -0.05) is 35.3 Å². The SMILES string of the molecule is CN(C)C/C=C/C(=O)Nc1ccc(NC(=O)c2[nH]ncc2NC(=O)c2c(Cl)cccc2Cl)cc1. The molecule has 0 aliphatic carbocycles. The summed E-state index contributed by atoms with van der Waals surface area (Å²) in [5, 5.41) is 14.8. The summed E-state index contributed by atoms with van der Waals surface area (Å²) in [4.78, 5) is 39.2. The summed E-state index contributed by atoms with van der Waals surface area (Å²) >= 11 is 12.2. The van der Waals surface area contributed by atoms with E-state index in [1.165, 1.54) is 24.4 Å². The maximum Gasteiger partial charge on any atom is 0.275 e. The molecule has 2 aromatic carbocycles. The van der Waals surface area contributed by atoms with Crippen molar-refractivity contribution in [2.75, 3.05) is 36.6 Å². The van der Waals surface area contributed by atoms with E-state index in [1.54, 1.807) is 36.4 Å². The summed E-state index contributed by atoms with van der Waals surface area (Å²) < 4.78 is 0. The standard InChI is InChI=1S/C23H22Cl2N6O3/c1-31(2)12-4-7-19(32)27-14-8-10-15(11-9-14)28-23(34)21-18(13-26-30-21)29-22(33)20-16(24)5-3-6-17(20)25/h3-11,13H,12H2,1-2H3,(H,26,30)(H,27,32)(H,28,34)(H,29,33)/b7-4+. The van der Waals surface area contributed by atoms with E-state index in [4.69, 9.17) is 23.2 Å². The number of hydrogen-bond donors (Lipinski definition) is 4. The van der Waals surface area contributed by atoms with Gasteiger partial charge in [-0.3, -0.25) is 19.5 Å². The molecule has 4 N–H and O–H groups in total. The van der Waals surface area contributed by atoms with Crippen molar-refractivity contribution >= 4 is 58.0 Å². The number of likely N-dealkylation sites (N-methyl/N-ethyl adjacent to an activating group) is 1. The number of carbonyl (C=O) groups is 3. The maximum atomic E-state index is 12.7. The van der Waals surface area contributed by atoms with Crippen LogP contribution in [-0.2, 0) is 4.79 Å². The smallest absolute Gasteiger partial charge is 0.275 e. The maximum absolute atomic E-state index is 12.7. The minimum atomic E-state index is -0.578. The van der Waals surface area contributed by atoms with E-state index in [2.05, 4.69) is 26.1 Å². The van der Waals surface area contributed by atoms with Crippen LogP contribution in [0.4, 0.5) is 17.1 Å². The highest BCUT2D eigenvalue weighted by molar-refractivity contribution is 6.40. The molecule has 0 aliphatic heterocycles. The quantitative estimate of drug-likeness (QED) is 0.344. The highest BCUT2D eigenvalue weighted by Crippen LogP contribution is 2.26. The number of amides is 3. The van der Waals surface area contributed by atoms with Gasteiger partial charge in [-0.15, -0.1) is 0 Å². The van der Waals surface area contributed by atoms with Gasteiger partial charge < -0.3 is 20.9 Å². The Balaban J connectivity index is 1.63. The average molecular weight is 501 g/mol. The van der Waals surface area contributed by atoms with Gasteiger partial charge in [0, 0.05) is 24.0 Å². The summed E-state index contributed by atoms with van der Waals surface area (Å²) in [6.07, 6.45) is 4.52. The first-order chi connectivity index (χ1) is 16.2. The van der Waals surface area contributed by atoms with Gasteiger partial charge in [0.2, 0.25) is 5.91 Å². The number of benzene rings is 2. The molecule has 0 bridgehead atoms. The first kappa shape index (κ1) is 25.0. The fraction of sp³-hybridized carbons (Fsp3) is 0.130. The van der Waals surface area contributed by atoms with Gasteiger partial charge in [0.25, 0.3) is 11.8 Å². The summed E-state index contributed by atoms with van der Waals surface area (Å²) in [5.41, 5.74) is 1.34. The minimum absolute atomic E-state index is 0.0416. The molecule has 0 aliphatic rings. The number of anilines is 3. The summed E-state index contributed by atoms with van der Waals surface area (Å²) in [6, 6.07) is 11.3. The molecule has 0 fully saturated rings. The van der Waals surface area contributed by atoms with Crippen molar-refractivity contribution < 1.29 is 14.4 Å². The van der Waals surface area contributed by atoms with Crippen LogP contribution in [0.15, 0.2) is 60.8 Å². The van der Waals surface area contributed by atoms with Gasteiger partial charge in [-0.05, 0) is 50.5 Å². The van der Waals surface area contributed by atoms with Crippen molar-refractivity contribution in [3.8, 4) is 0 Å². The molecule has 176 valence electrons. The van der Waals surface area contributed by atoms with Crippen LogP contribution in [-0.4, -0.2) is 53.5 Å². The molecule has 0 atom stereocenters. The first-order valence-corrected chi connectivity index (χ1v) is 10.8. The zero-order valence-corrected chi connectivity index (χ0v) is 19.9. The second-order valence-corrected chi connectivity index (χ2v) is 8.21. The van der Waals surface area contributed by atoms with Gasteiger partial charge in [-0.2, -0.15) is 5.10 Å². The fourth-order valence-corrected chi connectivity index (χ4v) is 3.41. The van der Waals surface area contributed by atoms with Gasteiger partial charge in [0.05, 0.1) is 27.5 Å². The predicted molar refractivity (Wildman–Crippen MR) is 134 cm³/mol. The Morgan fingerprint density at radius 1 is 0.941 bits per heavy atom. The van der Waals surface area contributed by atoms with E-state index in [-0.39, 0.29) is 32.9 Å². The van der Waals surface area contributed by atoms with Crippen molar-refractivity contribution in [1.82, 2.24) is 15.1 Å². The molecular formula is C23H22Cl2N6O3. The van der Waals surface area contributed by atoms with Crippen LogP contribution in [0.2, 0.25) is 10.0 Å². The monoisotopic (exact) mass is 500 g/mol. The number of carbonyl (C=O) groups excluding carboxylic acids is 3. The normalized spacial score (nSPS) is 11.0. The van der Waals surface area contributed by atoms with Crippen molar-refractivity contribution in [1.29, 1.82) is 0 Å². The van der Waals surface area contributed by atoms with Gasteiger partial charge in [0.15, 0.2) is 0 Å². The zero-order valence-electron chi connectivity index (χ0n) is 18.4. The number of aromatic amines is 1. The lowest BCUT2D eigenvalue weighted by molar-refractivity contribution is -0.111. The Morgan fingerprint density at radius 2 is 1.56 bits per heavy atom. The van der Waals surface area contributed by atoms with Crippen LogP contribution in [0.1, 0.15) is 20.8 Å². The Bertz CT molecular complexity index is 1200. The molecule has 11 heteroatoms. The molecule has 0 spiro atoms. The van der Waals surface area contributed by atoms with E-state index in [1.807, 2.05) is 19.0 Å². The Hall–Kier alpha value is -3.66. The highest BCUT2D eigenvalue weighted by atomic mass is 35.5. The highest BCUT2D eigenvalue weighted by Gasteiger charge is 2.20. The summed E-state index contributed by atoms with van der Waals surface area (Å²) in [6.45, 7) is 0.653. The third-order valence-corrected chi connectivity index (χ3v) is 5.08. The second kappa shape index (κ2) is 11.5. The van der Waals surface area contributed by atoms with Crippen molar-refractivity contribution in [2.24, 2.45) is 0 Å². The fourth-order valence-electron chi connectivity index (χ4n) is 2.84. The molecule has 9 nitrogen and oxygen atoms in total. The average Bonchev–Trinajstić information content (AvgIpc) is 3.23. The summed E-state index contributed by atoms with van der Waals surface area (Å²) in [5.74, 6) is -1.36. The second-order valence-electron chi connectivity index (χ2n) is 7.39. The van der Waals surface area contributed by atoms with Crippen LogP contribution in [0, 0.1) is 0 Å². The molecule has 1 aromatic heterocycles. The number of H-pyrrole nitrogens is 1. The van der Waals surface area contributed by atoms with Crippen molar-refractivity contribution in [3.63, 3.8) is 0 Å². The van der Waals surface area contributed by atoms with E-state index < -0.39 is 11.8 Å². The van der Waals surface area contributed by atoms with Crippen LogP contribution in [0.3, 0.4) is 0 Å². The predicted octanol–water partition coefficient (Wildman–Crippen LogP) is 4.28. The van der Waals surface area contributed by atoms with E-state index in [9.17, 15) is 14.4 Å². The lowest BCUT2D eigenvalue weighted by Gasteiger charge is -2.10. The number of nitrogens with one attached hydrogen (secondary N) is 4. The van der Waals surface area contributed by atoms with Crippen LogP contribution in [0.25, 0.3) is 0 Å².